The van der Waals surface area contributed by atoms with Gasteiger partial charge in [0.15, 0.2) is 5.82 Å². The second-order valence-corrected chi connectivity index (χ2v) is 6.10. The van der Waals surface area contributed by atoms with Gasteiger partial charge in [-0.1, -0.05) is 5.11 Å². The summed E-state index contributed by atoms with van der Waals surface area (Å²) >= 11 is 0. The molecule has 3 aliphatic rings. The quantitative estimate of drug-likeness (QED) is 0.483. The summed E-state index contributed by atoms with van der Waals surface area (Å²) in [6, 6.07) is 3.23. The van der Waals surface area contributed by atoms with Crippen molar-refractivity contribution in [3.63, 3.8) is 0 Å². The number of benzene rings is 1. The zero-order chi connectivity index (χ0) is 16.7. The molecule has 0 unspecified atom stereocenters. The van der Waals surface area contributed by atoms with Gasteiger partial charge in [0, 0.05) is 23.6 Å². The largest absolute Gasteiger partial charge is 0.489 e. The minimum Gasteiger partial charge on any atom is -0.489 e. The van der Waals surface area contributed by atoms with Crippen LogP contribution in [0.5, 0.6) is 5.75 Å². The van der Waals surface area contributed by atoms with E-state index in [0.717, 1.165) is 19.4 Å². The van der Waals surface area contributed by atoms with Crippen LogP contribution >= 0.6 is 0 Å². The normalized spacial score (nSPS) is 24.8. The Morgan fingerprint density at radius 2 is 2.33 bits per heavy atom. The van der Waals surface area contributed by atoms with Crippen LogP contribution in [-0.4, -0.2) is 44.5 Å². The molecule has 9 heteroatoms. The maximum atomic E-state index is 14.7. The van der Waals surface area contributed by atoms with E-state index in [4.69, 9.17) is 15.0 Å². The van der Waals surface area contributed by atoms with Crippen LogP contribution < -0.4 is 14.5 Å². The maximum Gasteiger partial charge on any atom is 0.414 e. The van der Waals surface area contributed by atoms with Crippen molar-refractivity contribution in [2.75, 3.05) is 36.0 Å². The van der Waals surface area contributed by atoms with Gasteiger partial charge in [0.25, 0.3) is 0 Å². The highest BCUT2D eigenvalue weighted by Crippen LogP contribution is 2.42. The molecule has 2 atom stereocenters. The number of hydrogen-bond acceptors (Lipinski definition) is 5. The molecule has 2 fully saturated rings. The Bertz CT molecular complexity index is 736. The number of fused-ring (bicyclic) bond motifs is 3. The third-order valence-electron chi connectivity index (χ3n) is 4.64. The summed E-state index contributed by atoms with van der Waals surface area (Å²) in [5, 5.41) is 3.41. The first-order valence-electron chi connectivity index (χ1n) is 7.89. The number of carbonyl (C=O) groups is 1. The molecule has 0 aliphatic carbocycles. The van der Waals surface area contributed by atoms with E-state index < -0.39 is 18.0 Å². The molecule has 0 aromatic heterocycles. The fourth-order valence-corrected chi connectivity index (χ4v) is 3.55. The van der Waals surface area contributed by atoms with Crippen LogP contribution in [0, 0.1) is 5.82 Å². The molecule has 0 N–H and O–H groups in total. The number of rotatable bonds is 3. The first-order chi connectivity index (χ1) is 11.7. The summed E-state index contributed by atoms with van der Waals surface area (Å²) in [6.45, 7) is 1.61. The van der Waals surface area contributed by atoms with Crippen LogP contribution in [-0.2, 0) is 4.74 Å². The lowest BCUT2D eigenvalue weighted by Crippen LogP contribution is -2.39. The number of azide groups is 1. The van der Waals surface area contributed by atoms with Crippen molar-refractivity contribution in [2.45, 2.75) is 25.0 Å². The maximum absolute atomic E-state index is 14.7. The van der Waals surface area contributed by atoms with Gasteiger partial charge in [0.2, 0.25) is 0 Å². The molecular weight excluding hydrogens is 317 g/mol. The number of nitrogens with zero attached hydrogens (tertiary/aromatic N) is 5. The van der Waals surface area contributed by atoms with Crippen molar-refractivity contribution < 1.29 is 18.7 Å². The second-order valence-electron chi connectivity index (χ2n) is 6.10. The van der Waals surface area contributed by atoms with E-state index in [2.05, 4.69) is 10.0 Å². The average Bonchev–Trinajstić information content (AvgIpc) is 3.18. The van der Waals surface area contributed by atoms with E-state index in [1.54, 1.807) is 6.07 Å². The molecule has 24 heavy (non-hydrogen) atoms. The molecule has 0 bridgehead atoms. The Labute approximate surface area is 137 Å². The second kappa shape index (κ2) is 5.76. The molecule has 0 saturated carbocycles. The van der Waals surface area contributed by atoms with Gasteiger partial charge in [-0.2, -0.15) is 0 Å². The van der Waals surface area contributed by atoms with Crippen molar-refractivity contribution >= 4 is 17.5 Å². The number of carbonyl (C=O) groups excluding carboxylic acids is 1. The number of anilines is 2. The Hall–Kier alpha value is -2.67. The molecule has 1 aromatic rings. The fraction of sp³-hybridized carbons (Fsp3) is 0.533. The predicted octanol–water partition coefficient (Wildman–Crippen LogP) is 2.82. The van der Waals surface area contributed by atoms with Crippen molar-refractivity contribution in [3.8, 4) is 5.75 Å². The van der Waals surface area contributed by atoms with Gasteiger partial charge in [0.05, 0.1) is 24.8 Å². The molecule has 8 nitrogen and oxygen atoms in total. The van der Waals surface area contributed by atoms with Gasteiger partial charge >= 0.3 is 6.09 Å². The Balaban J connectivity index is 1.62. The lowest BCUT2D eigenvalue weighted by molar-refractivity contribution is 0.145. The highest BCUT2D eigenvalue weighted by molar-refractivity contribution is 5.90. The molecular formula is C15H16FN5O3. The van der Waals surface area contributed by atoms with E-state index in [9.17, 15) is 9.18 Å². The highest BCUT2D eigenvalue weighted by Gasteiger charge is 2.37. The van der Waals surface area contributed by atoms with Crippen LogP contribution in [0.3, 0.4) is 0 Å². The minimum absolute atomic E-state index is 0.0537. The molecule has 4 rings (SSSR count). The van der Waals surface area contributed by atoms with Gasteiger partial charge in [-0.25, -0.2) is 9.18 Å². The summed E-state index contributed by atoms with van der Waals surface area (Å²) in [4.78, 5) is 18.0. The van der Waals surface area contributed by atoms with Crippen LogP contribution in [0.2, 0.25) is 0 Å². The summed E-state index contributed by atoms with van der Waals surface area (Å²) < 4.78 is 25.5. The lowest BCUT2D eigenvalue weighted by atomic mass is 10.1. The van der Waals surface area contributed by atoms with Crippen LogP contribution in [0.4, 0.5) is 20.6 Å². The molecule has 3 heterocycles. The Kier molecular flexibility index (Phi) is 3.57. The molecule has 126 valence electrons. The van der Waals surface area contributed by atoms with Gasteiger partial charge in [-0.05, 0) is 18.4 Å². The lowest BCUT2D eigenvalue weighted by Gasteiger charge is -2.34. The highest BCUT2D eigenvalue weighted by atomic mass is 19.1. The fourth-order valence-electron chi connectivity index (χ4n) is 3.55. The molecule has 3 aliphatic heterocycles. The average molecular weight is 333 g/mol. The first kappa shape index (κ1) is 14.9. The van der Waals surface area contributed by atoms with E-state index in [0.29, 0.717) is 23.7 Å². The van der Waals surface area contributed by atoms with Crippen molar-refractivity contribution in [2.24, 2.45) is 5.11 Å². The number of halogens is 1. The molecule has 1 aromatic carbocycles. The monoisotopic (exact) mass is 333 g/mol. The molecule has 2 saturated heterocycles. The Morgan fingerprint density at radius 3 is 3.17 bits per heavy atom. The third-order valence-corrected chi connectivity index (χ3v) is 4.64. The minimum atomic E-state index is -0.581. The zero-order valence-electron chi connectivity index (χ0n) is 12.9. The zero-order valence-corrected chi connectivity index (χ0v) is 12.9. The summed E-state index contributed by atoms with van der Waals surface area (Å²) in [5.74, 6) is 0.0508. The summed E-state index contributed by atoms with van der Waals surface area (Å²) in [5.41, 5.74) is 9.22. The standard InChI is InChI=1S/C15H16FN5O3/c16-12-4-10(21-7-11(6-18-19-17)24-15(21)22)5-13-14(12)20-3-1-2-9(20)8-23-13/h4-5,9,11H,1-3,6-8H2/t9-,11-/m0/s1. The van der Waals surface area contributed by atoms with Crippen molar-refractivity contribution in [1.82, 2.24) is 0 Å². The SMILES string of the molecule is [N-]=[N+]=NC[C@H]1CN(c2cc(F)c3c(c2)OC[C@@H]2CCCN32)C(=O)O1. The number of cyclic esters (lactones) is 1. The van der Waals surface area contributed by atoms with Crippen LogP contribution in [0.1, 0.15) is 12.8 Å². The predicted molar refractivity (Wildman–Crippen MR) is 83.9 cm³/mol. The van der Waals surface area contributed by atoms with Crippen molar-refractivity contribution in [3.05, 3.63) is 28.4 Å². The van der Waals surface area contributed by atoms with Gasteiger partial charge in [-0.15, -0.1) is 0 Å². The van der Waals surface area contributed by atoms with E-state index in [1.165, 1.54) is 11.0 Å². The third kappa shape index (κ3) is 2.37. The van der Waals surface area contributed by atoms with Crippen LogP contribution in [0.15, 0.2) is 17.2 Å². The first-order valence-corrected chi connectivity index (χ1v) is 7.89. The topological polar surface area (TPSA) is 90.8 Å². The number of hydrogen-bond donors (Lipinski definition) is 0. The number of ether oxygens (including phenoxy) is 2. The molecule has 0 spiro atoms. The smallest absolute Gasteiger partial charge is 0.414 e. The van der Waals surface area contributed by atoms with E-state index in [1.807, 2.05) is 4.90 Å². The van der Waals surface area contributed by atoms with Gasteiger partial charge in [-0.3, -0.25) is 4.90 Å². The van der Waals surface area contributed by atoms with E-state index in [-0.39, 0.29) is 19.1 Å². The summed E-state index contributed by atoms with van der Waals surface area (Å²) in [6.07, 6.45) is 0.910. The molecule has 0 radical (unpaired) electrons. The van der Waals surface area contributed by atoms with Gasteiger partial charge in [0.1, 0.15) is 24.1 Å². The van der Waals surface area contributed by atoms with Crippen molar-refractivity contribution in [1.29, 1.82) is 0 Å². The van der Waals surface area contributed by atoms with Gasteiger partial charge < -0.3 is 14.4 Å². The number of amides is 1. The summed E-state index contributed by atoms with van der Waals surface area (Å²) in [7, 11) is 0. The van der Waals surface area contributed by atoms with E-state index >= 15 is 0 Å². The van der Waals surface area contributed by atoms with Crippen LogP contribution in [0.25, 0.3) is 10.4 Å². The molecule has 1 amide bonds. The Morgan fingerprint density at radius 1 is 1.46 bits per heavy atom.